The van der Waals surface area contributed by atoms with Gasteiger partial charge in [-0.25, -0.2) is 13.4 Å². The normalized spacial score (nSPS) is 15.6. The summed E-state index contributed by atoms with van der Waals surface area (Å²) >= 11 is 1.51. The van der Waals surface area contributed by atoms with Crippen molar-refractivity contribution in [3.63, 3.8) is 0 Å². The van der Waals surface area contributed by atoms with Gasteiger partial charge in [0.15, 0.2) is 15.0 Å². The number of hydrogen-bond acceptors (Lipinski definition) is 8. The van der Waals surface area contributed by atoms with Crippen molar-refractivity contribution in [2.45, 2.75) is 51.2 Å². The van der Waals surface area contributed by atoms with Crippen molar-refractivity contribution in [1.29, 1.82) is 0 Å². The van der Waals surface area contributed by atoms with Crippen LogP contribution in [0.5, 0.6) is 11.5 Å². The Kier molecular flexibility index (Phi) is 8.20. The fraction of sp³-hybridized carbons (Fsp3) is 0.407. The van der Waals surface area contributed by atoms with Crippen LogP contribution < -0.4 is 14.8 Å². The summed E-state index contributed by atoms with van der Waals surface area (Å²) in [5.74, 6) is 1.71. The first-order chi connectivity index (χ1) is 17.6. The van der Waals surface area contributed by atoms with Crippen molar-refractivity contribution in [2.75, 3.05) is 25.3 Å². The minimum Gasteiger partial charge on any atom is -0.497 e. The average Bonchev–Trinajstić information content (AvgIpc) is 3.40. The van der Waals surface area contributed by atoms with E-state index in [1.807, 2.05) is 18.2 Å². The largest absolute Gasteiger partial charge is 0.497 e. The summed E-state index contributed by atoms with van der Waals surface area (Å²) in [5.41, 5.74) is 2.86. The van der Waals surface area contributed by atoms with E-state index in [0.29, 0.717) is 11.0 Å². The lowest BCUT2D eigenvalue weighted by Crippen LogP contribution is -2.26. The third-order valence-corrected chi connectivity index (χ3v) is 9.17. The predicted octanol–water partition coefficient (Wildman–Crippen LogP) is 4.85. The van der Waals surface area contributed by atoms with Gasteiger partial charge in [0.05, 0.1) is 43.0 Å². The van der Waals surface area contributed by atoms with Crippen molar-refractivity contribution in [3.05, 3.63) is 64.2 Å². The topological polar surface area (TPSA) is 97.8 Å². The van der Waals surface area contributed by atoms with Gasteiger partial charge in [-0.2, -0.15) is 0 Å². The van der Waals surface area contributed by atoms with Crippen LogP contribution >= 0.6 is 11.3 Å². The van der Waals surface area contributed by atoms with Gasteiger partial charge in [0.25, 0.3) is 0 Å². The first kappa shape index (κ1) is 27.1. The van der Waals surface area contributed by atoms with Crippen LogP contribution in [0.1, 0.15) is 48.5 Å². The minimum atomic E-state index is -3.26. The summed E-state index contributed by atoms with van der Waals surface area (Å²) in [4.78, 5) is 21.3. The molecule has 1 aliphatic rings. The monoisotopic (exact) mass is 543 g/mol. The van der Waals surface area contributed by atoms with E-state index in [1.165, 1.54) is 11.3 Å². The third kappa shape index (κ3) is 6.14. The van der Waals surface area contributed by atoms with Gasteiger partial charge in [-0.15, -0.1) is 11.3 Å². The van der Waals surface area contributed by atoms with E-state index in [9.17, 15) is 13.2 Å². The van der Waals surface area contributed by atoms with Crippen LogP contribution in [0, 0.1) is 5.92 Å². The molecule has 0 bridgehead atoms. The molecule has 0 radical (unpaired) electrons. The van der Waals surface area contributed by atoms with Gasteiger partial charge in [-0.05, 0) is 41.3 Å². The van der Waals surface area contributed by atoms with E-state index in [1.54, 1.807) is 45.4 Å². The van der Waals surface area contributed by atoms with E-state index >= 15 is 0 Å². The van der Waals surface area contributed by atoms with Crippen LogP contribution in [0.25, 0.3) is 0 Å². The zero-order chi connectivity index (χ0) is 26.7. The van der Waals surface area contributed by atoms with Crippen molar-refractivity contribution in [1.82, 2.24) is 9.88 Å². The number of rotatable bonds is 10. The summed E-state index contributed by atoms with van der Waals surface area (Å²) < 4.78 is 34.9. The highest BCUT2D eigenvalue weighted by molar-refractivity contribution is 7.91. The van der Waals surface area contributed by atoms with Gasteiger partial charge < -0.3 is 14.8 Å². The number of hydrogen-bond donors (Lipinski definition) is 1. The number of anilines is 1. The second-order valence-corrected chi connectivity index (χ2v) is 12.8. The lowest BCUT2D eigenvalue weighted by atomic mass is 10.0. The number of methoxy groups -OCH3 is 2. The summed E-state index contributed by atoms with van der Waals surface area (Å²) in [6.07, 6.45) is 0.147. The molecular weight excluding hydrogens is 510 g/mol. The summed E-state index contributed by atoms with van der Waals surface area (Å²) in [6, 6.07) is 12.5. The highest BCUT2D eigenvalue weighted by atomic mass is 32.2. The lowest BCUT2D eigenvalue weighted by molar-refractivity contribution is -0.115. The van der Waals surface area contributed by atoms with Crippen LogP contribution in [-0.4, -0.2) is 44.2 Å². The third-order valence-electron chi connectivity index (χ3n) is 6.45. The first-order valence-electron chi connectivity index (χ1n) is 12.2. The number of amides is 1. The number of nitrogens with one attached hydrogen (secondary N) is 1. The second-order valence-electron chi connectivity index (χ2n) is 9.41. The average molecular weight is 544 g/mol. The van der Waals surface area contributed by atoms with Gasteiger partial charge in [0.1, 0.15) is 11.5 Å². The van der Waals surface area contributed by atoms with Crippen molar-refractivity contribution < 1.29 is 22.7 Å². The van der Waals surface area contributed by atoms with Crippen molar-refractivity contribution >= 4 is 32.2 Å². The molecule has 1 aromatic heterocycles. The quantitative estimate of drug-likeness (QED) is 0.390. The standard InChI is InChI=1S/C27H33N3O5S2/c1-6-37(32,33)22-9-7-18(8-10-22)13-24(31)28-27-29-25-23(36-27)16-30(26(25)17(2)3)15-19-11-20(34-4)14-21(12-19)35-5/h7-12,14,17,26H,6,13,15-16H2,1-5H3,(H,28,29,31)/t26-/m1/s1. The molecule has 4 rings (SSSR count). The first-order valence-corrected chi connectivity index (χ1v) is 14.7. The number of carbonyl (C=O) groups excluding carboxylic acids is 1. The van der Waals surface area contributed by atoms with Crippen LogP contribution in [0.3, 0.4) is 0 Å². The van der Waals surface area contributed by atoms with Gasteiger partial charge in [0.2, 0.25) is 5.91 Å². The SMILES string of the molecule is CCS(=O)(=O)c1ccc(CC(=O)Nc2nc3c(s2)CN(Cc2cc(OC)cc(OC)c2)[C@@H]3C(C)C)cc1. The van der Waals surface area contributed by atoms with E-state index in [-0.39, 0.29) is 29.0 Å². The number of benzene rings is 2. The number of ether oxygens (including phenoxy) is 2. The van der Waals surface area contributed by atoms with E-state index in [4.69, 9.17) is 14.5 Å². The number of thiazole rings is 1. The molecule has 1 amide bonds. The molecule has 1 N–H and O–H groups in total. The number of sulfone groups is 1. The summed E-state index contributed by atoms with van der Waals surface area (Å²) in [6.45, 7) is 7.45. The van der Waals surface area contributed by atoms with Gasteiger partial charge in [-0.1, -0.05) is 32.9 Å². The molecule has 0 unspecified atom stereocenters. The maximum absolute atomic E-state index is 12.7. The molecular formula is C27H33N3O5S2. The lowest BCUT2D eigenvalue weighted by Gasteiger charge is -2.28. The highest BCUT2D eigenvalue weighted by Crippen LogP contribution is 2.43. The Hall–Kier alpha value is -2.95. The Morgan fingerprint density at radius 2 is 1.76 bits per heavy atom. The zero-order valence-corrected chi connectivity index (χ0v) is 23.4. The van der Waals surface area contributed by atoms with Crippen LogP contribution in [0.4, 0.5) is 5.13 Å². The number of carbonyl (C=O) groups is 1. The molecule has 0 aliphatic carbocycles. The molecule has 0 fully saturated rings. The van der Waals surface area contributed by atoms with E-state index < -0.39 is 9.84 Å². The molecule has 2 heterocycles. The van der Waals surface area contributed by atoms with Crippen LogP contribution in [-0.2, 0) is 34.1 Å². The van der Waals surface area contributed by atoms with Crippen LogP contribution in [0.2, 0.25) is 0 Å². The molecule has 1 atom stereocenters. The smallest absolute Gasteiger partial charge is 0.230 e. The van der Waals surface area contributed by atoms with Gasteiger partial charge in [0, 0.05) is 24.0 Å². The maximum Gasteiger partial charge on any atom is 0.230 e. The molecule has 0 spiro atoms. The fourth-order valence-corrected chi connectivity index (χ4v) is 6.56. The van der Waals surface area contributed by atoms with E-state index in [0.717, 1.165) is 46.3 Å². The molecule has 37 heavy (non-hydrogen) atoms. The number of fused-ring (bicyclic) bond motifs is 1. The Balaban J connectivity index is 1.44. The molecule has 0 saturated heterocycles. The number of nitrogens with zero attached hydrogens (tertiary/aromatic N) is 2. The fourth-order valence-electron chi connectivity index (χ4n) is 4.63. The molecule has 1 aliphatic heterocycles. The van der Waals surface area contributed by atoms with Gasteiger partial charge >= 0.3 is 0 Å². The molecule has 10 heteroatoms. The second kappa shape index (κ2) is 11.2. The highest BCUT2D eigenvalue weighted by Gasteiger charge is 2.36. The van der Waals surface area contributed by atoms with Gasteiger partial charge in [-0.3, -0.25) is 9.69 Å². The zero-order valence-electron chi connectivity index (χ0n) is 21.8. The predicted molar refractivity (Wildman–Crippen MR) is 145 cm³/mol. The summed E-state index contributed by atoms with van der Waals surface area (Å²) in [5, 5.41) is 3.52. The summed E-state index contributed by atoms with van der Waals surface area (Å²) in [7, 11) is 0.0347. The Labute approximate surface area is 222 Å². The maximum atomic E-state index is 12.7. The molecule has 3 aromatic rings. The Bertz CT molecular complexity index is 1340. The molecule has 8 nitrogen and oxygen atoms in total. The molecule has 2 aromatic carbocycles. The van der Waals surface area contributed by atoms with Crippen molar-refractivity contribution in [2.24, 2.45) is 5.92 Å². The molecule has 0 saturated carbocycles. The molecule has 198 valence electrons. The Morgan fingerprint density at radius 1 is 1.11 bits per heavy atom. The number of aromatic nitrogens is 1. The van der Waals surface area contributed by atoms with Crippen LogP contribution in [0.15, 0.2) is 47.4 Å². The van der Waals surface area contributed by atoms with E-state index in [2.05, 4.69) is 24.1 Å². The van der Waals surface area contributed by atoms with Crippen molar-refractivity contribution in [3.8, 4) is 11.5 Å². The Morgan fingerprint density at radius 3 is 2.32 bits per heavy atom. The minimum absolute atomic E-state index is 0.0457.